The van der Waals surface area contributed by atoms with Crippen LogP contribution in [0.15, 0.2) is 42.5 Å². The molecular weight excluding hydrogens is 314 g/mol. The van der Waals surface area contributed by atoms with Crippen molar-refractivity contribution in [3.63, 3.8) is 0 Å². The minimum atomic E-state index is -0.480. The molecule has 2 aromatic carbocycles. The molecule has 1 N–H and O–H groups in total. The molecule has 0 heterocycles. The van der Waals surface area contributed by atoms with Crippen LogP contribution in [0, 0.1) is 13.8 Å². The number of benzene rings is 2. The van der Waals surface area contributed by atoms with Crippen molar-refractivity contribution >= 4 is 17.6 Å². The van der Waals surface area contributed by atoms with Crippen molar-refractivity contribution in [2.24, 2.45) is 0 Å². The summed E-state index contributed by atoms with van der Waals surface area (Å²) in [5.74, 6) is -0.828. The van der Waals surface area contributed by atoms with Crippen LogP contribution in [0.2, 0.25) is 0 Å². The third-order valence-corrected chi connectivity index (χ3v) is 4.00. The van der Waals surface area contributed by atoms with Crippen LogP contribution < -0.4 is 5.32 Å². The second-order valence-corrected chi connectivity index (χ2v) is 6.24. The van der Waals surface area contributed by atoms with Gasteiger partial charge < -0.3 is 10.1 Å². The molecule has 0 saturated carbocycles. The Morgan fingerprint density at radius 2 is 1.76 bits per heavy atom. The maximum Gasteiger partial charge on any atom is 0.338 e. The quantitative estimate of drug-likeness (QED) is 0.759. The Balaban J connectivity index is 1.86. The minimum Gasteiger partial charge on any atom is -0.452 e. The molecule has 0 radical (unpaired) electrons. The maximum absolute atomic E-state index is 12.1. The van der Waals surface area contributed by atoms with E-state index in [-0.39, 0.29) is 12.5 Å². The van der Waals surface area contributed by atoms with Crippen LogP contribution in [0.3, 0.4) is 0 Å². The van der Waals surface area contributed by atoms with Gasteiger partial charge in [0.2, 0.25) is 0 Å². The lowest BCUT2D eigenvalue weighted by Crippen LogP contribution is -2.21. The summed E-state index contributed by atoms with van der Waals surface area (Å²) >= 11 is 0. The Kier molecular flexibility index (Phi) is 6.75. The smallest absolute Gasteiger partial charge is 0.338 e. The Labute approximate surface area is 149 Å². The molecule has 4 nitrogen and oxygen atoms in total. The maximum atomic E-state index is 12.1. The van der Waals surface area contributed by atoms with Crippen LogP contribution in [0.5, 0.6) is 0 Å². The highest BCUT2D eigenvalue weighted by Gasteiger charge is 2.13. The van der Waals surface area contributed by atoms with Gasteiger partial charge in [-0.2, -0.15) is 0 Å². The average Bonchev–Trinajstić information content (AvgIpc) is 2.61. The van der Waals surface area contributed by atoms with E-state index in [1.54, 1.807) is 6.07 Å². The normalized spacial score (nSPS) is 10.4. The van der Waals surface area contributed by atoms with Gasteiger partial charge in [0.05, 0.1) is 5.56 Å². The molecule has 0 aliphatic carbocycles. The molecule has 2 rings (SSSR count). The van der Waals surface area contributed by atoms with Crippen molar-refractivity contribution in [3.8, 4) is 0 Å². The van der Waals surface area contributed by atoms with Crippen molar-refractivity contribution in [3.05, 3.63) is 64.7 Å². The predicted molar refractivity (Wildman–Crippen MR) is 99.9 cm³/mol. The number of rotatable bonds is 7. The van der Waals surface area contributed by atoms with E-state index in [2.05, 4.69) is 12.2 Å². The minimum absolute atomic E-state index is 0.302. The van der Waals surface area contributed by atoms with Crippen LogP contribution in [-0.4, -0.2) is 18.5 Å². The van der Waals surface area contributed by atoms with E-state index in [1.807, 2.05) is 50.2 Å². The number of carbonyl (C=O) groups excluding carboxylic acids is 2. The molecule has 0 spiro atoms. The number of hydrogen-bond donors (Lipinski definition) is 1. The first-order chi connectivity index (χ1) is 12.0. The average molecular weight is 339 g/mol. The first kappa shape index (κ1) is 18.7. The standard InChI is InChI=1S/C21H25NO3/c1-4-5-6-17-9-11-18(12-10-17)22-20(23)14-25-21(24)19-13-15(2)7-8-16(19)3/h7-13H,4-6,14H2,1-3H3,(H,22,23). The molecule has 0 fully saturated rings. The van der Waals surface area contributed by atoms with Crippen LogP contribution in [-0.2, 0) is 16.0 Å². The number of ether oxygens (including phenoxy) is 1. The fourth-order valence-corrected chi connectivity index (χ4v) is 2.50. The summed E-state index contributed by atoms with van der Waals surface area (Å²) in [6.07, 6.45) is 3.35. The molecule has 25 heavy (non-hydrogen) atoms. The summed E-state index contributed by atoms with van der Waals surface area (Å²) < 4.78 is 5.12. The molecule has 0 aromatic heterocycles. The summed E-state index contributed by atoms with van der Waals surface area (Å²) in [5.41, 5.74) is 4.26. The zero-order chi connectivity index (χ0) is 18.2. The molecule has 2 aromatic rings. The van der Waals surface area contributed by atoms with Gasteiger partial charge in [-0.1, -0.05) is 43.2 Å². The SMILES string of the molecule is CCCCc1ccc(NC(=O)COC(=O)c2cc(C)ccc2C)cc1. The van der Waals surface area contributed by atoms with Crippen molar-refractivity contribution < 1.29 is 14.3 Å². The third kappa shape index (κ3) is 5.75. The number of anilines is 1. The zero-order valence-electron chi connectivity index (χ0n) is 15.1. The van der Waals surface area contributed by atoms with E-state index in [4.69, 9.17) is 4.74 Å². The molecule has 0 aliphatic rings. The predicted octanol–water partition coefficient (Wildman–Crippen LogP) is 4.44. The monoisotopic (exact) mass is 339 g/mol. The summed E-state index contributed by atoms with van der Waals surface area (Å²) in [5, 5.41) is 2.74. The summed E-state index contributed by atoms with van der Waals surface area (Å²) in [7, 11) is 0. The highest BCUT2D eigenvalue weighted by molar-refractivity contribution is 5.96. The summed E-state index contributed by atoms with van der Waals surface area (Å²) in [6.45, 7) is 5.61. The summed E-state index contributed by atoms with van der Waals surface area (Å²) in [4.78, 5) is 24.1. The number of amides is 1. The van der Waals surface area contributed by atoms with Gasteiger partial charge in [-0.05, 0) is 56.0 Å². The number of aryl methyl sites for hydroxylation is 3. The van der Waals surface area contributed by atoms with Gasteiger partial charge >= 0.3 is 5.97 Å². The van der Waals surface area contributed by atoms with Gasteiger partial charge in [0.25, 0.3) is 5.91 Å². The molecule has 0 atom stereocenters. The lowest BCUT2D eigenvalue weighted by molar-refractivity contribution is -0.119. The Hall–Kier alpha value is -2.62. The first-order valence-electron chi connectivity index (χ1n) is 8.62. The van der Waals surface area contributed by atoms with E-state index >= 15 is 0 Å². The van der Waals surface area contributed by atoms with Gasteiger partial charge in [-0.15, -0.1) is 0 Å². The Morgan fingerprint density at radius 3 is 2.44 bits per heavy atom. The van der Waals surface area contributed by atoms with E-state index in [9.17, 15) is 9.59 Å². The van der Waals surface area contributed by atoms with E-state index in [0.29, 0.717) is 11.3 Å². The highest BCUT2D eigenvalue weighted by atomic mass is 16.5. The largest absolute Gasteiger partial charge is 0.452 e. The molecule has 0 aliphatic heterocycles. The number of unbranched alkanes of at least 4 members (excludes halogenated alkanes) is 1. The third-order valence-electron chi connectivity index (χ3n) is 4.00. The van der Waals surface area contributed by atoms with E-state index < -0.39 is 5.97 Å². The van der Waals surface area contributed by atoms with Crippen LogP contribution in [0.25, 0.3) is 0 Å². The van der Waals surface area contributed by atoms with Gasteiger partial charge in [0, 0.05) is 5.69 Å². The van der Waals surface area contributed by atoms with E-state index in [1.165, 1.54) is 5.56 Å². The number of esters is 1. The van der Waals surface area contributed by atoms with Gasteiger partial charge in [0.15, 0.2) is 6.61 Å². The second-order valence-electron chi connectivity index (χ2n) is 6.24. The summed E-state index contributed by atoms with van der Waals surface area (Å²) in [6, 6.07) is 13.3. The van der Waals surface area contributed by atoms with E-state index in [0.717, 1.165) is 30.4 Å². The molecule has 132 valence electrons. The van der Waals surface area contributed by atoms with Gasteiger partial charge in [0.1, 0.15) is 0 Å². The molecular formula is C21H25NO3. The fraction of sp³-hybridized carbons (Fsp3) is 0.333. The zero-order valence-corrected chi connectivity index (χ0v) is 15.1. The van der Waals surface area contributed by atoms with Gasteiger partial charge in [-0.25, -0.2) is 4.79 Å². The molecule has 4 heteroatoms. The van der Waals surface area contributed by atoms with Crippen LogP contribution in [0.1, 0.15) is 46.8 Å². The fourth-order valence-electron chi connectivity index (χ4n) is 2.50. The molecule has 0 saturated heterocycles. The second kappa shape index (κ2) is 9.02. The highest BCUT2D eigenvalue weighted by Crippen LogP contribution is 2.13. The van der Waals surface area contributed by atoms with Crippen molar-refractivity contribution in [2.45, 2.75) is 40.0 Å². The van der Waals surface area contributed by atoms with Gasteiger partial charge in [-0.3, -0.25) is 4.79 Å². The van der Waals surface area contributed by atoms with Crippen molar-refractivity contribution in [2.75, 3.05) is 11.9 Å². The lowest BCUT2D eigenvalue weighted by Gasteiger charge is -2.09. The lowest BCUT2D eigenvalue weighted by atomic mass is 10.1. The van der Waals surface area contributed by atoms with Crippen molar-refractivity contribution in [1.29, 1.82) is 0 Å². The Bertz CT molecular complexity index is 735. The molecule has 1 amide bonds. The first-order valence-corrected chi connectivity index (χ1v) is 8.62. The number of nitrogens with one attached hydrogen (secondary N) is 1. The number of hydrogen-bond acceptors (Lipinski definition) is 3. The van der Waals surface area contributed by atoms with Crippen molar-refractivity contribution in [1.82, 2.24) is 0 Å². The van der Waals surface area contributed by atoms with Crippen LogP contribution >= 0.6 is 0 Å². The number of carbonyl (C=O) groups is 2. The topological polar surface area (TPSA) is 55.4 Å². The Morgan fingerprint density at radius 1 is 1.04 bits per heavy atom. The molecule has 0 bridgehead atoms. The molecule has 0 unspecified atom stereocenters. The van der Waals surface area contributed by atoms with Crippen LogP contribution in [0.4, 0.5) is 5.69 Å².